The second-order valence-electron chi connectivity index (χ2n) is 5.84. The van der Waals surface area contributed by atoms with Gasteiger partial charge in [0.2, 0.25) is 0 Å². The molecule has 0 aliphatic heterocycles. The van der Waals surface area contributed by atoms with Gasteiger partial charge in [0.1, 0.15) is 0 Å². The minimum atomic E-state index is -4.30. The van der Waals surface area contributed by atoms with E-state index in [1.165, 1.54) is 12.1 Å². The van der Waals surface area contributed by atoms with Crippen molar-refractivity contribution in [3.05, 3.63) is 71.9 Å². The van der Waals surface area contributed by atoms with Gasteiger partial charge in [0, 0.05) is 32.9 Å². The average Bonchev–Trinajstić information content (AvgIpc) is 2.54. The highest BCUT2D eigenvalue weighted by Crippen LogP contribution is 2.31. The van der Waals surface area contributed by atoms with Gasteiger partial charge in [-0.2, -0.15) is 13.2 Å². The Morgan fingerprint density at radius 3 is 1.92 bits per heavy atom. The number of halogens is 3. The van der Waals surface area contributed by atoms with Crippen LogP contribution in [-0.2, 0) is 12.7 Å². The van der Waals surface area contributed by atoms with Crippen molar-refractivity contribution in [1.29, 1.82) is 0 Å². The summed E-state index contributed by atoms with van der Waals surface area (Å²) in [4.78, 5) is 1.96. The summed E-state index contributed by atoms with van der Waals surface area (Å²) in [7, 11) is 3.89. The van der Waals surface area contributed by atoms with E-state index in [9.17, 15) is 13.2 Å². The summed E-state index contributed by atoms with van der Waals surface area (Å²) in [5.74, 6) is 0. The van der Waals surface area contributed by atoms with Crippen molar-refractivity contribution in [3.8, 4) is 11.1 Å². The van der Waals surface area contributed by atoms with Gasteiger partial charge in [-0.15, -0.1) is 0 Å². The monoisotopic (exact) mass is 334 g/mol. The molecule has 0 saturated carbocycles. The van der Waals surface area contributed by atoms with Crippen molar-refractivity contribution < 1.29 is 13.2 Å². The van der Waals surface area contributed by atoms with Crippen LogP contribution in [0.2, 0.25) is 0 Å². The predicted molar refractivity (Wildman–Crippen MR) is 91.4 cm³/mol. The lowest BCUT2D eigenvalue weighted by molar-refractivity contribution is -0.137. The molecule has 0 unspecified atom stereocenters. The number of hydrogen-bond acceptors (Lipinski definition) is 2. The molecule has 2 rings (SSSR count). The van der Waals surface area contributed by atoms with Crippen LogP contribution in [0.3, 0.4) is 0 Å². The van der Waals surface area contributed by atoms with Crippen LogP contribution in [0.5, 0.6) is 0 Å². The third-order valence-corrected chi connectivity index (χ3v) is 3.79. The summed E-state index contributed by atoms with van der Waals surface area (Å²) in [6.07, 6.45) is -4.30. The maximum absolute atomic E-state index is 12.6. The molecule has 0 amide bonds. The van der Waals surface area contributed by atoms with Crippen LogP contribution in [0.4, 0.5) is 13.2 Å². The molecule has 128 valence electrons. The van der Waals surface area contributed by atoms with E-state index in [0.717, 1.165) is 34.5 Å². The number of alkyl halides is 3. The van der Waals surface area contributed by atoms with Gasteiger partial charge in [-0.3, -0.25) is 0 Å². The van der Waals surface area contributed by atoms with E-state index in [1.807, 2.05) is 43.3 Å². The normalized spacial score (nSPS) is 11.4. The number of hydrogen-bond donors (Lipinski definition) is 1. The van der Waals surface area contributed by atoms with E-state index in [1.54, 1.807) is 0 Å². The van der Waals surface area contributed by atoms with E-state index >= 15 is 0 Å². The summed E-state index contributed by atoms with van der Waals surface area (Å²) < 4.78 is 37.8. The minimum Gasteiger partial charge on any atom is -0.380 e. The molecule has 0 aliphatic carbocycles. The Morgan fingerprint density at radius 2 is 1.46 bits per heavy atom. The topological polar surface area (TPSA) is 15.3 Å². The fourth-order valence-electron chi connectivity index (χ4n) is 2.18. The van der Waals surface area contributed by atoms with Gasteiger partial charge in [-0.1, -0.05) is 43.0 Å². The molecule has 0 bridgehead atoms. The van der Waals surface area contributed by atoms with E-state index in [0.29, 0.717) is 13.1 Å². The van der Waals surface area contributed by atoms with Crippen molar-refractivity contribution in [2.75, 3.05) is 20.6 Å². The zero-order chi connectivity index (χ0) is 17.7. The van der Waals surface area contributed by atoms with Crippen LogP contribution in [-0.4, -0.2) is 25.5 Å². The second kappa shape index (κ2) is 7.53. The Hall–Kier alpha value is -2.27. The minimum absolute atomic E-state index is 0.631. The molecule has 0 atom stereocenters. The number of nitrogens with one attached hydrogen (secondary N) is 1. The van der Waals surface area contributed by atoms with Crippen LogP contribution in [0.25, 0.3) is 11.1 Å². The van der Waals surface area contributed by atoms with E-state index in [2.05, 4.69) is 11.9 Å². The van der Waals surface area contributed by atoms with Crippen LogP contribution in [0.15, 0.2) is 60.8 Å². The average molecular weight is 334 g/mol. The lowest BCUT2D eigenvalue weighted by Gasteiger charge is -2.16. The molecule has 24 heavy (non-hydrogen) atoms. The molecule has 2 nitrogen and oxygen atoms in total. The first-order chi connectivity index (χ1) is 11.3. The molecule has 2 aromatic rings. The summed E-state index contributed by atoms with van der Waals surface area (Å²) in [6, 6.07) is 13.0. The van der Waals surface area contributed by atoms with Gasteiger partial charge in [0.05, 0.1) is 5.56 Å². The standard InChI is InChI=1S/C19H21F3N2/c1-14(24(2)3)12-23-13-15-4-6-16(7-5-15)17-8-10-18(11-9-17)19(20,21)22/h4-11,23H,1,12-13H2,2-3H3. The van der Waals surface area contributed by atoms with Gasteiger partial charge in [-0.05, 0) is 28.8 Å². The van der Waals surface area contributed by atoms with Gasteiger partial charge in [0.25, 0.3) is 0 Å². The van der Waals surface area contributed by atoms with Gasteiger partial charge in [0.15, 0.2) is 0 Å². The quantitative estimate of drug-likeness (QED) is 0.834. The van der Waals surface area contributed by atoms with Crippen LogP contribution in [0, 0.1) is 0 Å². The van der Waals surface area contributed by atoms with Gasteiger partial charge in [-0.25, -0.2) is 0 Å². The molecule has 0 heterocycles. The Labute approximate surface area is 140 Å². The number of nitrogens with zero attached hydrogens (tertiary/aromatic N) is 1. The Morgan fingerprint density at radius 1 is 0.958 bits per heavy atom. The highest BCUT2D eigenvalue weighted by molar-refractivity contribution is 5.64. The van der Waals surface area contributed by atoms with E-state index in [4.69, 9.17) is 0 Å². The van der Waals surface area contributed by atoms with Crippen LogP contribution in [0.1, 0.15) is 11.1 Å². The molecule has 1 N–H and O–H groups in total. The van der Waals surface area contributed by atoms with Crippen LogP contribution >= 0.6 is 0 Å². The molecule has 0 aromatic heterocycles. The predicted octanol–water partition coefficient (Wildman–Crippen LogP) is 4.54. The summed E-state index contributed by atoms with van der Waals surface area (Å²) in [6.45, 7) is 5.36. The SMILES string of the molecule is C=C(CNCc1ccc(-c2ccc(C(F)(F)F)cc2)cc1)N(C)C. The molecule has 0 aliphatic rings. The van der Waals surface area contributed by atoms with Crippen molar-refractivity contribution >= 4 is 0 Å². The highest BCUT2D eigenvalue weighted by Gasteiger charge is 2.29. The smallest absolute Gasteiger partial charge is 0.380 e. The van der Waals surface area contributed by atoms with Gasteiger partial charge >= 0.3 is 6.18 Å². The maximum Gasteiger partial charge on any atom is 0.416 e. The van der Waals surface area contributed by atoms with Crippen LogP contribution < -0.4 is 5.32 Å². The molecule has 0 fully saturated rings. The van der Waals surface area contributed by atoms with Gasteiger partial charge < -0.3 is 10.2 Å². The zero-order valence-corrected chi connectivity index (χ0v) is 13.8. The lowest BCUT2D eigenvalue weighted by atomic mass is 10.0. The largest absolute Gasteiger partial charge is 0.416 e. The Kier molecular flexibility index (Phi) is 5.67. The number of likely N-dealkylation sites (N-methyl/N-ethyl adjacent to an activating group) is 1. The molecular formula is C19H21F3N2. The maximum atomic E-state index is 12.6. The fraction of sp³-hybridized carbons (Fsp3) is 0.263. The molecule has 0 saturated heterocycles. The third kappa shape index (κ3) is 4.86. The lowest BCUT2D eigenvalue weighted by Crippen LogP contribution is -2.23. The summed E-state index contributed by atoms with van der Waals surface area (Å²) in [5, 5.41) is 3.30. The summed E-state index contributed by atoms with van der Waals surface area (Å²) in [5.41, 5.74) is 3.13. The molecular weight excluding hydrogens is 313 g/mol. The van der Waals surface area contributed by atoms with Crippen molar-refractivity contribution in [2.45, 2.75) is 12.7 Å². The van der Waals surface area contributed by atoms with Crippen molar-refractivity contribution in [2.24, 2.45) is 0 Å². The van der Waals surface area contributed by atoms with Crippen molar-refractivity contribution in [1.82, 2.24) is 10.2 Å². The first-order valence-electron chi connectivity index (χ1n) is 7.60. The molecule has 5 heteroatoms. The summed E-state index contributed by atoms with van der Waals surface area (Å²) >= 11 is 0. The number of rotatable bonds is 6. The van der Waals surface area contributed by atoms with E-state index < -0.39 is 11.7 Å². The van der Waals surface area contributed by atoms with Crippen molar-refractivity contribution in [3.63, 3.8) is 0 Å². The van der Waals surface area contributed by atoms with E-state index in [-0.39, 0.29) is 0 Å². The molecule has 2 aromatic carbocycles. The first kappa shape index (κ1) is 18.1. The Bertz CT molecular complexity index is 671. The molecule has 0 radical (unpaired) electrons. The fourth-order valence-corrected chi connectivity index (χ4v) is 2.18. The third-order valence-electron chi connectivity index (χ3n) is 3.79. The molecule has 0 spiro atoms. The second-order valence-corrected chi connectivity index (χ2v) is 5.84. The number of benzene rings is 2. The Balaban J connectivity index is 1.98. The highest BCUT2D eigenvalue weighted by atomic mass is 19.4. The zero-order valence-electron chi connectivity index (χ0n) is 13.8. The first-order valence-corrected chi connectivity index (χ1v) is 7.60.